The maximum atomic E-state index is 12.8. The van der Waals surface area contributed by atoms with Crippen LogP contribution >= 0.6 is 23.2 Å². The normalized spacial score (nSPS) is 19.3. The van der Waals surface area contributed by atoms with Gasteiger partial charge in [0.1, 0.15) is 4.90 Å². The number of benzene rings is 1. The monoisotopic (exact) mass is 351 g/mol. The van der Waals surface area contributed by atoms with Crippen LogP contribution in [0.5, 0.6) is 0 Å². The number of alkyl halides is 1. The lowest BCUT2D eigenvalue weighted by molar-refractivity contribution is 0.0947. The van der Waals surface area contributed by atoms with Crippen molar-refractivity contribution < 1.29 is 13.2 Å². The second kappa shape index (κ2) is 7.29. The highest BCUT2D eigenvalue weighted by molar-refractivity contribution is 7.89. The van der Waals surface area contributed by atoms with Crippen molar-refractivity contribution in [2.75, 3.05) is 19.7 Å². The van der Waals surface area contributed by atoms with Crippen LogP contribution < -0.4 is 0 Å². The molecule has 0 N–H and O–H groups in total. The molecule has 1 fully saturated rings. The molecule has 1 aliphatic rings. The van der Waals surface area contributed by atoms with E-state index in [1.54, 1.807) is 18.2 Å². The van der Waals surface area contributed by atoms with Gasteiger partial charge in [0.25, 0.3) is 0 Å². The predicted molar refractivity (Wildman–Crippen MR) is 84.4 cm³/mol. The molecule has 21 heavy (non-hydrogen) atoms. The Balaban J connectivity index is 2.29. The molecule has 7 heteroatoms. The molecular formula is C14H19Cl2NO3S. The van der Waals surface area contributed by atoms with Crippen molar-refractivity contribution in [2.24, 2.45) is 0 Å². The number of ether oxygens (including phenoxy) is 1. The van der Waals surface area contributed by atoms with Crippen molar-refractivity contribution in [1.29, 1.82) is 0 Å². The quantitative estimate of drug-likeness (QED) is 0.739. The number of sulfonamides is 1. The summed E-state index contributed by atoms with van der Waals surface area (Å²) in [6, 6.07) is 4.85. The van der Waals surface area contributed by atoms with Gasteiger partial charge in [-0.3, -0.25) is 0 Å². The van der Waals surface area contributed by atoms with E-state index in [1.807, 2.05) is 6.92 Å². The largest absolute Gasteiger partial charge is 0.377 e. The van der Waals surface area contributed by atoms with Crippen molar-refractivity contribution in [3.05, 3.63) is 28.8 Å². The van der Waals surface area contributed by atoms with Crippen molar-refractivity contribution in [1.82, 2.24) is 4.31 Å². The van der Waals surface area contributed by atoms with E-state index in [2.05, 4.69) is 0 Å². The van der Waals surface area contributed by atoms with Crippen molar-refractivity contribution in [2.45, 2.75) is 36.6 Å². The standard InChI is InChI=1S/C14H19Cl2NO3S/c1-2-17(10-12-4-3-7-20-12)21(18,19)14-8-11(9-15)5-6-13(14)16/h5-6,8,12H,2-4,7,9-10H2,1H3. The molecule has 118 valence electrons. The molecule has 1 atom stereocenters. The van der Waals surface area contributed by atoms with Gasteiger partial charge in [-0.15, -0.1) is 11.6 Å². The zero-order valence-corrected chi connectivity index (χ0v) is 14.2. The molecule has 0 radical (unpaired) electrons. The molecule has 0 amide bonds. The zero-order chi connectivity index (χ0) is 15.5. The molecule has 4 nitrogen and oxygen atoms in total. The molecule has 2 rings (SSSR count). The molecule has 0 saturated carbocycles. The fraction of sp³-hybridized carbons (Fsp3) is 0.571. The molecular weight excluding hydrogens is 333 g/mol. The van der Waals surface area contributed by atoms with E-state index >= 15 is 0 Å². The van der Waals surface area contributed by atoms with Gasteiger partial charge in [0.2, 0.25) is 10.0 Å². The number of halogens is 2. The highest BCUT2D eigenvalue weighted by Crippen LogP contribution is 2.27. The molecule has 0 aromatic heterocycles. The summed E-state index contributed by atoms with van der Waals surface area (Å²) in [5, 5.41) is 0.217. The Morgan fingerprint density at radius 2 is 2.19 bits per heavy atom. The van der Waals surface area contributed by atoms with Gasteiger partial charge in [-0.1, -0.05) is 24.6 Å². The fourth-order valence-corrected chi connectivity index (χ4v) is 4.55. The molecule has 1 aromatic rings. The van der Waals surface area contributed by atoms with Gasteiger partial charge in [0.05, 0.1) is 11.1 Å². The Hall–Kier alpha value is -0.330. The van der Waals surface area contributed by atoms with Crippen LogP contribution in [0.2, 0.25) is 5.02 Å². The lowest BCUT2D eigenvalue weighted by atomic mass is 10.2. The lowest BCUT2D eigenvalue weighted by Gasteiger charge is -2.24. The highest BCUT2D eigenvalue weighted by atomic mass is 35.5. The Bertz CT molecular complexity index is 586. The number of hydrogen-bond donors (Lipinski definition) is 0. The first-order valence-electron chi connectivity index (χ1n) is 6.95. The first-order valence-corrected chi connectivity index (χ1v) is 9.30. The van der Waals surface area contributed by atoms with E-state index in [-0.39, 0.29) is 21.9 Å². The third-order valence-corrected chi connectivity index (χ3v) is 6.28. The third kappa shape index (κ3) is 3.90. The third-order valence-electron chi connectivity index (χ3n) is 3.55. The van der Waals surface area contributed by atoms with Crippen molar-refractivity contribution in [3.8, 4) is 0 Å². The summed E-state index contributed by atoms with van der Waals surface area (Å²) in [6.07, 6.45) is 1.83. The summed E-state index contributed by atoms with van der Waals surface area (Å²) in [7, 11) is -3.64. The fourth-order valence-electron chi connectivity index (χ4n) is 2.38. The van der Waals surface area contributed by atoms with Gasteiger partial charge in [0, 0.05) is 25.6 Å². The maximum Gasteiger partial charge on any atom is 0.244 e. The maximum absolute atomic E-state index is 12.8. The number of nitrogens with zero attached hydrogens (tertiary/aromatic N) is 1. The summed E-state index contributed by atoms with van der Waals surface area (Å²) < 4.78 is 32.5. The van der Waals surface area contributed by atoms with E-state index in [0.717, 1.165) is 18.4 Å². The van der Waals surface area contributed by atoms with Gasteiger partial charge in [-0.05, 0) is 30.5 Å². The van der Waals surface area contributed by atoms with Crippen LogP contribution in [0.25, 0.3) is 0 Å². The molecule has 0 bridgehead atoms. The van der Waals surface area contributed by atoms with E-state index in [1.165, 1.54) is 4.31 Å². The van der Waals surface area contributed by atoms with Crippen LogP contribution in [-0.4, -0.2) is 38.5 Å². The van der Waals surface area contributed by atoms with Gasteiger partial charge in [0.15, 0.2) is 0 Å². The second-order valence-corrected chi connectivity index (χ2v) is 7.57. The van der Waals surface area contributed by atoms with E-state index < -0.39 is 10.0 Å². The summed E-state index contributed by atoms with van der Waals surface area (Å²) >= 11 is 11.9. The topological polar surface area (TPSA) is 46.6 Å². The predicted octanol–water partition coefficient (Wildman–Crippen LogP) is 3.27. The van der Waals surface area contributed by atoms with Crippen molar-refractivity contribution in [3.63, 3.8) is 0 Å². The zero-order valence-electron chi connectivity index (χ0n) is 11.9. The van der Waals surface area contributed by atoms with Crippen LogP contribution in [0.1, 0.15) is 25.3 Å². The summed E-state index contributed by atoms with van der Waals surface area (Å²) in [6.45, 7) is 3.25. The number of hydrogen-bond acceptors (Lipinski definition) is 3. The van der Waals surface area contributed by atoms with E-state index in [4.69, 9.17) is 27.9 Å². The molecule has 1 aromatic carbocycles. The molecule has 1 heterocycles. The minimum atomic E-state index is -3.64. The minimum absolute atomic E-state index is 0.0327. The van der Waals surface area contributed by atoms with Crippen LogP contribution in [-0.2, 0) is 20.6 Å². The summed E-state index contributed by atoms with van der Waals surface area (Å²) in [5.41, 5.74) is 0.729. The SMILES string of the molecule is CCN(CC1CCCO1)S(=O)(=O)c1cc(CCl)ccc1Cl. The average Bonchev–Trinajstić information content (AvgIpc) is 2.98. The molecule has 1 unspecified atom stereocenters. The Morgan fingerprint density at radius 3 is 2.76 bits per heavy atom. The molecule has 1 aliphatic heterocycles. The van der Waals surface area contributed by atoms with E-state index in [9.17, 15) is 8.42 Å². The Morgan fingerprint density at radius 1 is 1.43 bits per heavy atom. The first kappa shape index (κ1) is 17.0. The average molecular weight is 352 g/mol. The summed E-state index contributed by atoms with van der Waals surface area (Å²) in [4.78, 5) is 0.113. The van der Waals surface area contributed by atoms with Crippen LogP contribution in [0.3, 0.4) is 0 Å². The molecule has 0 spiro atoms. The van der Waals surface area contributed by atoms with Gasteiger partial charge >= 0.3 is 0 Å². The van der Waals surface area contributed by atoms with Gasteiger partial charge in [-0.2, -0.15) is 4.31 Å². The highest BCUT2D eigenvalue weighted by Gasteiger charge is 2.29. The minimum Gasteiger partial charge on any atom is -0.377 e. The smallest absolute Gasteiger partial charge is 0.244 e. The first-order chi connectivity index (χ1) is 9.98. The lowest BCUT2D eigenvalue weighted by Crippen LogP contribution is -2.37. The molecule has 1 saturated heterocycles. The van der Waals surface area contributed by atoms with Gasteiger partial charge in [-0.25, -0.2) is 8.42 Å². The van der Waals surface area contributed by atoms with Gasteiger partial charge < -0.3 is 4.74 Å². The van der Waals surface area contributed by atoms with Crippen LogP contribution in [0, 0.1) is 0 Å². The number of likely N-dealkylation sites (N-methyl/N-ethyl adjacent to an activating group) is 1. The van der Waals surface area contributed by atoms with Crippen molar-refractivity contribution >= 4 is 33.2 Å². The summed E-state index contributed by atoms with van der Waals surface area (Å²) in [5.74, 6) is 0.248. The Labute approximate surface area is 136 Å². The Kier molecular flexibility index (Phi) is 5.91. The second-order valence-electron chi connectivity index (χ2n) is 4.99. The number of rotatable bonds is 6. The van der Waals surface area contributed by atoms with Crippen LogP contribution in [0.4, 0.5) is 0 Å². The van der Waals surface area contributed by atoms with Crippen LogP contribution in [0.15, 0.2) is 23.1 Å². The van der Waals surface area contributed by atoms with E-state index in [0.29, 0.717) is 19.7 Å². The molecule has 0 aliphatic carbocycles.